The van der Waals surface area contributed by atoms with Gasteiger partial charge < -0.3 is 9.22 Å². The van der Waals surface area contributed by atoms with Crippen molar-refractivity contribution in [2.45, 2.75) is 72.2 Å². The predicted octanol–water partition coefficient (Wildman–Crippen LogP) is 4.01. The summed E-state index contributed by atoms with van der Waals surface area (Å²) in [7, 11) is -1.77. The van der Waals surface area contributed by atoms with Gasteiger partial charge in [-0.1, -0.05) is 41.5 Å². The zero-order valence-electron chi connectivity index (χ0n) is 12.2. The van der Waals surface area contributed by atoms with Crippen LogP contribution in [0, 0.1) is 5.41 Å². The summed E-state index contributed by atoms with van der Waals surface area (Å²) in [4.78, 5) is 11.1. The number of carbonyl (C=O) groups excluding carboxylic acids is 1. The Hall–Kier alpha value is -0.153. The summed E-state index contributed by atoms with van der Waals surface area (Å²) in [6.07, 6.45) is 1.94. The summed E-state index contributed by atoms with van der Waals surface area (Å²) < 4.78 is 6.31. The number of hydrogen-bond acceptors (Lipinski definition) is 2. The highest BCUT2D eigenvalue weighted by Crippen LogP contribution is 2.39. The molecule has 0 aromatic heterocycles. The van der Waals surface area contributed by atoms with Gasteiger partial charge in [0.05, 0.1) is 6.10 Å². The van der Waals surface area contributed by atoms with Crippen molar-refractivity contribution in [2.75, 3.05) is 0 Å². The second kappa shape index (κ2) is 5.01. The van der Waals surface area contributed by atoms with Crippen LogP contribution >= 0.6 is 0 Å². The largest absolute Gasteiger partial charge is 0.413 e. The third kappa shape index (κ3) is 3.70. The van der Waals surface area contributed by atoms with Crippen LogP contribution in [-0.4, -0.2) is 20.7 Å². The second-order valence-electron chi connectivity index (χ2n) is 6.71. The van der Waals surface area contributed by atoms with Gasteiger partial charge in [-0.3, -0.25) is 0 Å². The molecular weight excluding hydrogens is 216 g/mol. The zero-order chi connectivity index (χ0) is 13.2. The molecule has 0 bridgehead atoms. The summed E-state index contributed by atoms with van der Waals surface area (Å²) in [5.41, 5.74) is -0.385. The highest BCUT2D eigenvalue weighted by molar-refractivity contribution is 6.74. The molecule has 2 nitrogen and oxygen atoms in total. The van der Waals surface area contributed by atoms with Crippen molar-refractivity contribution in [1.29, 1.82) is 0 Å². The Morgan fingerprint density at radius 2 is 1.62 bits per heavy atom. The minimum absolute atomic E-state index is 0.0332. The minimum Gasteiger partial charge on any atom is -0.413 e. The van der Waals surface area contributed by atoms with Gasteiger partial charge in [-0.25, -0.2) is 0 Å². The molecule has 0 saturated heterocycles. The average molecular weight is 244 g/mol. The standard InChI is InChI=1S/C13H28O2Si/c1-9-11(13(5,6)10-14)15-16(7,8)12(2,3)4/h10-11H,9H2,1-8H3/t11-/m0/s1. The Labute approximate surface area is 102 Å². The monoisotopic (exact) mass is 244 g/mol. The molecule has 0 unspecified atom stereocenters. The molecule has 0 rings (SSSR count). The number of aldehydes is 1. The van der Waals surface area contributed by atoms with E-state index in [9.17, 15) is 4.79 Å². The van der Waals surface area contributed by atoms with Crippen molar-refractivity contribution >= 4 is 14.6 Å². The van der Waals surface area contributed by atoms with Crippen LogP contribution in [0.2, 0.25) is 18.1 Å². The summed E-state index contributed by atoms with van der Waals surface area (Å²) in [5.74, 6) is 0. The first-order chi connectivity index (χ1) is 6.98. The molecule has 96 valence electrons. The van der Waals surface area contributed by atoms with Crippen LogP contribution in [0.25, 0.3) is 0 Å². The quantitative estimate of drug-likeness (QED) is 0.539. The molecule has 1 atom stereocenters. The lowest BCUT2D eigenvalue weighted by molar-refractivity contribution is -0.119. The summed E-state index contributed by atoms with van der Waals surface area (Å²) in [5, 5.41) is 0.194. The van der Waals surface area contributed by atoms with Crippen LogP contribution in [0.4, 0.5) is 0 Å². The molecule has 0 aliphatic carbocycles. The molecule has 0 fully saturated rings. The van der Waals surface area contributed by atoms with Crippen LogP contribution in [0.3, 0.4) is 0 Å². The van der Waals surface area contributed by atoms with Crippen LogP contribution < -0.4 is 0 Å². The smallest absolute Gasteiger partial charge is 0.192 e. The fraction of sp³-hybridized carbons (Fsp3) is 0.923. The molecule has 0 spiro atoms. The molecule has 0 aromatic rings. The molecule has 16 heavy (non-hydrogen) atoms. The van der Waals surface area contributed by atoms with Crippen molar-refractivity contribution in [1.82, 2.24) is 0 Å². The van der Waals surface area contributed by atoms with Crippen molar-refractivity contribution in [3.05, 3.63) is 0 Å². The Balaban J connectivity index is 4.87. The maximum atomic E-state index is 11.1. The topological polar surface area (TPSA) is 26.3 Å². The predicted molar refractivity (Wildman–Crippen MR) is 72.2 cm³/mol. The van der Waals surface area contributed by atoms with Gasteiger partial charge in [0.15, 0.2) is 8.32 Å². The molecular formula is C13H28O2Si. The first-order valence-corrected chi connectivity index (χ1v) is 9.03. The van der Waals surface area contributed by atoms with E-state index in [1.54, 1.807) is 0 Å². The number of carbonyl (C=O) groups is 1. The van der Waals surface area contributed by atoms with E-state index in [-0.39, 0.29) is 16.6 Å². The zero-order valence-corrected chi connectivity index (χ0v) is 13.2. The van der Waals surface area contributed by atoms with Gasteiger partial charge in [0, 0.05) is 5.41 Å². The third-order valence-corrected chi connectivity index (χ3v) is 8.23. The highest BCUT2D eigenvalue weighted by Gasteiger charge is 2.42. The maximum Gasteiger partial charge on any atom is 0.192 e. The lowest BCUT2D eigenvalue weighted by Crippen LogP contribution is -2.48. The fourth-order valence-electron chi connectivity index (χ4n) is 1.37. The number of hydrogen-bond donors (Lipinski definition) is 0. The third-order valence-electron chi connectivity index (χ3n) is 3.75. The highest BCUT2D eigenvalue weighted by atomic mass is 28.4. The van der Waals surface area contributed by atoms with Gasteiger partial charge in [-0.15, -0.1) is 0 Å². The van der Waals surface area contributed by atoms with Gasteiger partial charge in [-0.05, 0) is 24.6 Å². The normalized spacial score (nSPS) is 16.0. The summed E-state index contributed by atoms with van der Waals surface area (Å²) in [6.45, 7) is 17.1. The van der Waals surface area contributed by atoms with Gasteiger partial charge >= 0.3 is 0 Å². The molecule has 0 aliphatic heterocycles. The molecule has 0 aliphatic rings. The van der Waals surface area contributed by atoms with Crippen LogP contribution in [0.1, 0.15) is 48.0 Å². The second-order valence-corrected chi connectivity index (χ2v) is 11.5. The van der Waals surface area contributed by atoms with E-state index in [4.69, 9.17) is 4.43 Å². The SMILES string of the molecule is CC[C@H](O[Si](C)(C)C(C)(C)C)C(C)(C)C=O. The Morgan fingerprint density at radius 3 is 1.88 bits per heavy atom. The van der Waals surface area contributed by atoms with E-state index in [0.29, 0.717) is 0 Å². The van der Waals surface area contributed by atoms with Crippen LogP contribution in [-0.2, 0) is 9.22 Å². The molecule has 0 amide bonds. The van der Waals surface area contributed by atoms with Crippen LogP contribution in [0.5, 0.6) is 0 Å². The maximum absolute atomic E-state index is 11.1. The van der Waals surface area contributed by atoms with Gasteiger partial charge in [0.25, 0.3) is 0 Å². The van der Waals surface area contributed by atoms with Crippen molar-refractivity contribution in [2.24, 2.45) is 5.41 Å². The van der Waals surface area contributed by atoms with Gasteiger partial charge in [-0.2, -0.15) is 0 Å². The Morgan fingerprint density at radius 1 is 1.19 bits per heavy atom. The molecule has 0 aromatic carbocycles. The van der Waals surface area contributed by atoms with E-state index >= 15 is 0 Å². The lowest BCUT2D eigenvalue weighted by atomic mass is 9.87. The van der Waals surface area contributed by atoms with E-state index in [1.807, 2.05) is 13.8 Å². The molecule has 0 N–H and O–H groups in total. The lowest BCUT2D eigenvalue weighted by Gasteiger charge is -2.42. The number of rotatable bonds is 5. The molecule has 0 heterocycles. The van der Waals surface area contributed by atoms with Crippen molar-refractivity contribution in [3.8, 4) is 0 Å². The Kier molecular flexibility index (Phi) is 4.96. The first kappa shape index (κ1) is 15.8. The van der Waals surface area contributed by atoms with Gasteiger partial charge in [0.1, 0.15) is 6.29 Å². The van der Waals surface area contributed by atoms with E-state index < -0.39 is 8.32 Å². The molecule has 0 saturated carbocycles. The summed E-state index contributed by atoms with van der Waals surface area (Å²) in [6, 6.07) is 0. The first-order valence-electron chi connectivity index (χ1n) is 6.12. The van der Waals surface area contributed by atoms with E-state index in [0.717, 1.165) is 12.7 Å². The average Bonchev–Trinajstić information content (AvgIpc) is 2.12. The van der Waals surface area contributed by atoms with E-state index in [2.05, 4.69) is 40.8 Å². The van der Waals surface area contributed by atoms with E-state index in [1.165, 1.54) is 0 Å². The fourth-order valence-corrected chi connectivity index (χ4v) is 2.90. The van der Waals surface area contributed by atoms with Crippen molar-refractivity contribution in [3.63, 3.8) is 0 Å². The molecule has 3 heteroatoms. The minimum atomic E-state index is -1.77. The van der Waals surface area contributed by atoms with Crippen LogP contribution in [0.15, 0.2) is 0 Å². The Bertz CT molecular complexity index is 239. The summed E-state index contributed by atoms with van der Waals surface area (Å²) >= 11 is 0. The van der Waals surface area contributed by atoms with Gasteiger partial charge in [0.2, 0.25) is 0 Å². The van der Waals surface area contributed by atoms with Crippen molar-refractivity contribution < 1.29 is 9.22 Å². The molecule has 0 radical (unpaired) electrons.